The van der Waals surface area contributed by atoms with E-state index in [4.69, 9.17) is 23.2 Å². The summed E-state index contributed by atoms with van der Waals surface area (Å²) >= 11 is 11.8. The second-order valence-corrected chi connectivity index (χ2v) is 9.02. The topological polar surface area (TPSA) is 54.5 Å². The first-order valence-electron chi connectivity index (χ1n) is 7.93. The van der Waals surface area contributed by atoms with Crippen LogP contribution in [-0.2, 0) is 9.84 Å². The summed E-state index contributed by atoms with van der Waals surface area (Å²) < 4.78 is 25.4. The number of nitrogens with zero attached hydrogens (tertiary/aromatic N) is 1. The minimum Gasteiger partial charge on any atom is -0.339 e. The van der Waals surface area contributed by atoms with E-state index in [2.05, 4.69) is 0 Å². The van der Waals surface area contributed by atoms with Gasteiger partial charge in [0.1, 0.15) is 0 Å². The molecule has 25 heavy (non-hydrogen) atoms. The van der Waals surface area contributed by atoms with Gasteiger partial charge in [0, 0.05) is 18.7 Å². The summed E-state index contributed by atoms with van der Waals surface area (Å²) in [6.45, 7) is 0.797. The van der Waals surface area contributed by atoms with Crippen molar-refractivity contribution in [2.24, 2.45) is 0 Å². The van der Waals surface area contributed by atoms with Crippen LogP contribution in [0.5, 0.6) is 0 Å². The standard InChI is InChI=1S/C18H17Cl2NO3S/c19-16-7-6-13(12-17(16)20)18(22)21-10-8-15(9-11-21)25(23,24)14-4-2-1-3-5-14/h1-7,12,15H,8-11H2. The summed E-state index contributed by atoms with van der Waals surface area (Å²) in [6.07, 6.45) is 0.842. The molecule has 2 aromatic rings. The number of piperidine rings is 1. The fraction of sp³-hybridized carbons (Fsp3) is 0.278. The molecule has 0 aromatic heterocycles. The van der Waals surface area contributed by atoms with Crippen molar-refractivity contribution in [3.63, 3.8) is 0 Å². The highest BCUT2D eigenvalue weighted by Crippen LogP contribution is 2.27. The molecule has 2 aromatic carbocycles. The molecular formula is C18H17Cl2NO3S. The molecule has 0 bridgehead atoms. The number of sulfone groups is 1. The van der Waals surface area contributed by atoms with Crippen molar-refractivity contribution in [2.75, 3.05) is 13.1 Å². The molecule has 1 saturated heterocycles. The van der Waals surface area contributed by atoms with Gasteiger partial charge in [0.05, 0.1) is 20.2 Å². The molecule has 1 fully saturated rings. The summed E-state index contributed by atoms with van der Waals surface area (Å²) in [5, 5.41) is 0.257. The third-order valence-corrected chi connectivity index (χ3v) is 7.42. The van der Waals surface area contributed by atoms with Gasteiger partial charge in [-0.1, -0.05) is 41.4 Å². The van der Waals surface area contributed by atoms with E-state index in [1.54, 1.807) is 53.4 Å². The van der Waals surface area contributed by atoms with E-state index in [1.807, 2.05) is 0 Å². The number of carbonyl (C=O) groups excluding carboxylic acids is 1. The average molecular weight is 398 g/mol. The highest BCUT2D eigenvalue weighted by molar-refractivity contribution is 7.92. The van der Waals surface area contributed by atoms with E-state index in [0.29, 0.717) is 46.4 Å². The second-order valence-electron chi connectivity index (χ2n) is 5.98. The van der Waals surface area contributed by atoms with Crippen LogP contribution in [0.1, 0.15) is 23.2 Å². The van der Waals surface area contributed by atoms with Gasteiger partial charge in [0.15, 0.2) is 9.84 Å². The summed E-state index contributed by atoms with van der Waals surface area (Å²) in [6, 6.07) is 13.2. The molecule has 0 unspecified atom stereocenters. The third-order valence-electron chi connectivity index (χ3n) is 4.41. The Morgan fingerprint density at radius 2 is 1.60 bits per heavy atom. The largest absolute Gasteiger partial charge is 0.339 e. The van der Waals surface area contributed by atoms with Crippen LogP contribution in [0.2, 0.25) is 10.0 Å². The molecule has 4 nitrogen and oxygen atoms in total. The lowest BCUT2D eigenvalue weighted by Gasteiger charge is -2.32. The molecule has 0 aliphatic carbocycles. The quantitative estimate of drug-likeness (QED) is 0.783. The molecule has 0 atom stereocenters. The van der Waals surface area contributed by atoms with Crippen molar-refractivity contribution < 1.29 is 13.2 Å². The molecule has 0 spiro atoms. The van der Waals surface area contributed by atoms with Gasteiger partial charge in [-0.05, 0) is 43.2 Å². The van der Waals surface area contributed by atoms with E-state index in [1.165, 1.54) is 0 Å². The van der Waals surface area contributed by atoms with Gasteiger partial charge in [0.2, 0.25) is 0 Å². The lowest BCUT2D eigenvalue weighted by molar-refractivity contribution is 0.0725. The number of carbonyl (C=O) groups is 1. The number of likely N-dealkylation sites (tertiary alicyclic amines) is 1. The van der Waals surface area contributed by atoms with Crippen LogP contribution >= 0.6 is 23.2 Å². The molecule has 1 heterocycles. The Morgan fingerprint density at radius 3 is 2.20 bits per heavy atom. The van der Waals surface area contributed by atoms with E-state index >= 15 is 0 Å². The first kappa shape index (κ1) is 18.2. The number of hydrogen-bond donors (Lipinski definition) is 0. The zero-order valence-electron chi connectivity index (χ0n) is 13.4. The number of hydrogen-bond acceptors (Lipinski definition) is 3. The summed E-state index contributed by atoms with van der Waals surface area (Å²) in [5.74, 6) is -0.158. The number of benzene rings is 2. The van der Waals surface area contributed by atoms with E-state index < -0.39 is 15.1 Å². The first-order chi connectivity index (χ1) is 11.9. The van der Waals surface area contributed by atoms with Crippen molar-refractivity contribution in [2.45, 2.75) is 23.0 Å². The van der Waals surface area contributed by atoms with Crippen LogP contribution in [0.15, 0.2) is 53.4 Å². The Kier molecular flexibility index (Phi) is 5.37. The highest BCUT2D eigenvalue weighted by atomic mass is 35.5. The number of halogens is 2. The van der Waals surface area contributed by atoms with Gasteiger partial charge in [-0.15, -0.1) is 0 Å². The van der Waals surface area contributed by atoms with Crippen LogP contribution < -0.4 is 0 Å². The Bertz CT molecular complexity index is 876. The molecule has 1 amide bonds. The van der Waals surface area contributed by atoms with Crippen LogP contribution in [0, 0.1) is 0 Å². The predicted molar refractivity (Wildman–Crippen MR) is 99.0 cm³/mol. The van der Waals surface area contributed by atoms with Crippen LogP contribution in [0.25, 0.3) is 0 Å². The Hall–Kier alpha value is -1.56. The molecule has 7 heteroatoms. The van der Waals surface area contributed by atoms with E-state index in [-0.39, 0.29) is 5.91 Å². The fourth-order valence-corrected chi connectivity index (χ4v) is 5.03. The number of amides is 1. The molecule has 0 radical (unpaired) electrons. The van der Waals surface area contributed by atoms with E-state index in [0.717, 1.165) is 0 Å². The van der Waals surface area contributed by atoms with Crippen molar-refractivity contribution in [3.05, 3.63) is 64.1 Å². The molecular weight excluding hydrogens is 381 g/mol. The maximum Gasteiger partial charge on any atom is 0.253 e. The normalized spacial score (nSPS) is 16.0. The van der Waals surface area contributed by atoms with Gasteiger partial charge in [-0.25, -0.2) is 8.42 Å². The highest BCUT2D eigenvalue weighted by Gasteiger charge is 2.32. The number of rotatable bonds is 3. The Balaban J connectivity index is 1.69. The molecule has 0 N–H and O–H groups in total. The van der Waals surface area contributed by atoms with Gasteiger partial charge in [-0.2, -0.15) is 0 Å². The predicted octanol–water partition coefficient (Wildman–Crippen LogP) is 4.07. The summed E-state index contributed by atoms with van der Waals surface area (Å²) in [7, 11) is -3.36. The minimum atomic E-state index is -3.36. The monoisotopic (exact) mass is 397 g/mol. The van der Waals surface area contributed by atoms with Crippen LogP contribution in [-0.4, -0.2) is 37.6 Å². The Labute approximate surface area is 157 Å². The van der Waals surface area contributed by atoms with Gasteiger partial charge >= 0.3 is 0 Å². The fourth-order valence-electron chi connectivity index (χ4n) is 2.98. The van der Waals surface area contributed by atoms with Gasteiger partial charge < -0.3 is 4.90 Å². The summed E-state index contributed by atoms with van der Waals surface area (Å²) in [5.41, 5.74) is 0.457. The van der Waals surface area contributed by atoms with Crippen LogP contribution in [0.3, 0.4) is 0 Å². The van der Waals surface area contributed by atoms with Crippen molar-refractivity contribution >= 4 is 38.9 Å². The average Bonchev–Trinajstić information content (AvgIpc) is 2.64. The lowest BCUT2D eigenvalue weighted by Crippen LogP contribution is -2.42. The maximum absolute atomic E-state index is 12.7. The smallest absolute Gasteiger partial charge is 0.253 e. The second kappa shape index (κ2) is 7.36. The van der Waals surface area contributed by atoms with Gasteiger partial charge in [0.25, 0.3) is 5.91 Å². The lowest BCUT2D eigenvalue weighted by atomic mass is 10.1. The zero-order valence-corrected chi connectivity index (χ0v) is 15.7. The third kappa shape index (κ3) is 3.84. The van der Waals surface area contributed by atoms with Gasteiger partial charge in [-0.3, -0.25) is 4.79 Å². The molecule has 132 valence electrons. The first-order valence-corrected chi connectivity index (χ1v) is 10.2. The SMILES string of the molecule is O=C(c1ccc(Cl)c(Cl)c1)N1CCC(S(=O)(=O)c2ccccc2)CC1. The van der Waals surface area contributed by atoms with Crippen molar-refractivity contribution in [1.82, 2.24) is 4.90 Å². The summed E-state index contributed by atoms with van der Waals surface area (Å²) in [4.78, 5) is 14.6. The molecule has 1 aliphatic heterocycles. The van der Waals surface area contributed by atoms with Crippen molar-refractivity contribution in [1.29, 1.82) is 0 Å². The molecule has 0 saturated carbocycles. The van der Waals surface area contributed by atoms with E-state index in [9.17, 15) is 13.2 Å². The minimum absolute atomic E-state index is 0.158. The Morgan fingerprint density at radius 1 is 0.960 bits per heavy atom. The zero-order chi connectivity index (χ0) is 18.0. The maximum atomic E-state index is 12.7. The molecule has 1 aliphatic rings. The van der Waals surface area contributed by atoms with Crippen LogP contribution in [0.4, 0.5) is 0 Å². The molecule has 3 rings (SSSR count). The van der Waals surface area contributed by atoms with Crippen molar-refractivity contribution in [3.8, 4) is 0 Å².